The Balaban J connectivity index is 1.39. The number of phosphoric ester groups is 2. The third kappa shape index (κ3) is 32.0. The Morgan fingerprint density at radius 2 is 1.17 bits per heavy atom. The summed E-state index contributed by atoms with van der Waals surface area (Å²) in [6.07, 6.45) is 48.1. The number of anilines is 1. The van der Waals surface area contributed by atoms with Gasteiger partial charge < -0.3 is 44.7 Å². The Morgan fingerprint density at radius 3 is 1.76 bits per heavy atom. The van der Waals surface area contributed by atoms with Crippen LogP contribution in [0.15, 0.2) is 114 Å². The van der Waals surface area contributed by atoms with Gasteiger partial charge in [-0.25, -0.2) is 13.9 Å². The van der Waals surface area contributed by atoms with Crippen LogP contribution in [-0.2, 0) is 51.0 Å². The number of epoxide rings is 1. The van der Waals surface area contributed by atoms with E-state index in [0.717, 1.165) is 101 Å². The summed E-state index contributed by atoms with van der Waals surface area (Å²) < 4.78 is 62.5. The molecule has 21 heteroatoms. The highest BCUT2D eigenvalue weighted by atomic mass is 31.3. The average Bonchev–Trinajstić information content (AvgIpc) is 4.12. The van der Waals surface area contributed by atoms with Crippen LogP contribution >= 0.6 is 15.6 Å². The van der Waals surface area contributed by atoms with Crippen molar-refractivity contribution in [3.63, 3.8) is 0 Å². The van der Waals surface area contributed by atoms with E-state index in [1.807, 2.05) is 18.2 Å². The van der Waals surface area contributed by atoms with Gasteiger partial charge in [0.1, 0.15) is 30.7 Å². The zero-order chi connectivity index (χ0) is 56.7. The highest BCUT2D eigenvalue weighted by Gasteiger charge is 2.46. The van der Waals surface area contributed by atoms with Crippen LogP contribution in [0.5, 0.6) is 0 Å². The van der Waals surface area contributed by atoms with Crippen molar-refractivity contribution >= 4 is 33.4 Å². The molecule has 1 aromatic heterocycles. The first-order chi connectivity index (χ1) is 37.6. The largest absolute Gasteiger partial charge is 0.481 e. The average molecular weight is 1130 g/mol. The fourth-order valence-corrected chi connectivity index (χ4v) is 10.0. The minimum Gasteiger partial charge on any atom is -0.462 e. The third-order valence-electron chi connectivity index (χ3n) is 12.3. The van der Waals surface area contributed by atoms with Crippen molar-refractivity contribution in [2.75, 3.05) is 25.6 Å². The number of allylic oxidation sites excluding steroid dienone is 14. The summed E-state index contributed by atoms with van der Waals surface area (Å²) in [5.41, 5.74) is 4.59. The van der Waals surface area contributed by atoms with E-state index >= 15 is 0 Å². The first-order valence-electron chi connectivity index (χ1n) is 27.9. The van der Waals surface area contributed by atoms with Crippen molar-refractivity contribution in [2.45, 2.75) is 204 Å². The number of hydrogen-bond donors (Lipinski definition) is 5. The van der Waals surface area contributed by atoms with Gasteiger partial charge in [0.15, 0.2) is 12.3 Å². The molecule has 0 spiro atoms. The number of aliphatic hydroxyl groups excluding tert-OH is 2. The molecule has 0 saturated carbocycles. The number of ether oxygens (including phenoxy) is 4. The monoisotopic (exact) mass is 1130 g/mol. The first-order valence-corrected chi connectivity index (χ1v) is 30.9. The lowest BCUT2D eigenvalue weighted by atomic mass is 10.1. The summed E-state index contributed by atoms with van der Waals surface area (Å²) in [7, 11) is -10.9. The minimum absolute atomic E-state index is 0.0868. The molecule has 2 aliphatic heterocycles. The third-order valence-corrected chi connectivity index (χ3v) is 14.9. The van der Waals surface area contributed by atoms with Crippen molar-refractivity contribution in [2.24, 2.45) is 0 Å². The van der Waals surface area contributed by atoms with Crippen LogP contribution in [-0.4, -0.2) is 97.9 Å². The standard InChI is InChI=1S/C57H89N3O16P2/c1-3-5-7-8-9-10-11-12-13-14-15-16-17-18-19-23-26-29-32-36-40-52(61)70-44-47(73-53(62)41-37-33-30-27-24-21-20-22-25-28-31-35-39-49-48(74-49)38-34-6-4-2)45-71-77(66,67)76-78(68,69)72-46-50-54(63)55(64)56(75-50)60-43-42-51(58)59-57(60)65/h6,10-11,13-14,16-17,21-22,24-25,30-31,33-35,42-43,47-50,54-56,63-64H,3-5,7-9,12,15,18-20,23,26-29,32,36-41,44-46H2,1-2H3,(H,66,67)(H,68,69)(H2,58,59,65)/b11-10-,14-13-,17-16-,24-21-,25-22-,33-30-,34-6-,35-31-/t47-,48?,49?,50-,54-,55-,56-/m1/s1. The van der Waals surface area contributed by atoms with Crippen LogP contribution in [0.3, 0.4) is 0 Å². The van der Waals surface area contributed by atoms with Gasteiger partial charge in [-0.15, -0.1) is 0 Å². The summed E-state index contributed by atoms with van der Waals surface area (Å²) in [4.78, 5) is 62.1. The molecule has 1 aromatic rings. The Labute approximate surface area is 462 Å². The number of carbonyl (C=O) groups is 2. The Morgan fingerprint density at radius 1 is 0.641 bits per heavy atom. The summed E-state index contributed by atoms with van der Waals surface area (Å²) >= 11 is 0. The van der Waals surface area contributed by atoms with E-state index in [9.17, 15) is 43.5 Å². The smallest absolute Gasteiger partial charge is 0.462 e. The maximum atomic E-state index is 12.9. The highest BCUT2D eigenvalue weighted by Crippen LogP contribution is 2.60. The fourth-order valence-electron chi connectivity index (χ4n) is 7.92. The molecule has 2 aliphatic rings. The molecule has 9 atom stereocenters. The molecule has 0 aliphatic carbocycles. The zero-order valence-corrected chi connectivity index (χ0v) is 47.7. The highest BCUT2D eigenvalue weighted by molar-refractivity contribution is 7.61. The lowest BCUT2D eigenvalue weighted by Crippen LogP contribution is -2.36. The van der Waals surface area contributed by atoms with Crippen molar-refractivity contribution in [3.8, 4) is 0 Å². The van der Waals surface area contributed by atoms with Crippen LogP contribution in [0.2, 0.25) is 0 Å². The molecule has 2 fully saturated rings. The molecule has 0 bridgehead atoms. The number of nitrogen functional groups attached to an aromatic ring is 1. The summed E-state index contributed by atoms with van der Waals surface area (Å²) in [6.45, 7) is 1.94. The maximum Gasteiger partial charge on any atom is 0.481 e. The molecule has 438 valence electrons. The number of aliphatic hydroxyl groups is 2. The molecule has 0 radical (unpaired) electrons. The van der Waals surface area contributed by atoms with Crippen LogP contribution in [0, 0.1) is 0 Å². The number of hydrogen-bond acceptors (Lipinski definition) is 16. The molecule has 6 N–H and O–H groups in total. The Kier molecular flexibility index (Phi) is 35.5. The molecule has 19 nitrogen and oxygen atoms in total. The van der Waals surface area contributed by atoms with Gasteiger partial charge in [-0.05, 0) is 96.0 Å². The van der Waals surface area contributed by atoms with Gasteiger partial charge in [-0.1, -0.05) is 156 Å². The number of rotatable bonds is 44. The zero-order valence-electron chi connectivity index (χ0n) is 45.9. The lowest BCUT2D eigenvalue weighted by Gasteiger charge is -2.21. The van der Waals surface area contributed by atoms with Crippen molar-refractivity contribution in [3.05, 3.63) is 120 Å². The second kappa shape index (κ2) is 40.8. The number of nitrogens with two attached hydrogens (primary N) is 1. The number of esters is 2. The molecule has 2 saturated heterocycles. The van der Waals surface area contributed by atoms with E-state index in [2.05, 4.69) is 96.1 Å². The van der Waals surface area contributed by atoms with Crippen LogP contribution < -0.4 is 11.4 Å². The van der Waals surface area contributed by atoms with Gasteiger partial charge in [0, 0.05) is 19.0 Å². The summed E-state index contributed by atoms with van der Waals surface area (Å²) in [6, 6.07) is 1.24. The quantitative estimate of drug-likeness (QED) is 0.0133. The molecule has 3 heterocycles. The SMILES string of the molecule is CC/C=C\CC1OC1C/C=C\C/C=C\C/C=C\C/C=C\CCC(=O)O[C@H](COC(=O)CCCCCCCC/C=C\C/C=C\C/C=C\CCCCCC)COP(=O)(O)OP(=O)(O)OC[C@H]1O[C@@H](n2ccc(N)nc2=O)[C@H](O)[C@@H]1O. The van der Waals surface area contributed by atoms with Gasteiger partial charge in [-0.2, -0.15) is 9.29 Å². The van der Waals surface area contributed by atoms with E-state index in [0.29, 0.717) is 31.5 Å². The van der Waals surface area contributed by atoms with Gasteiger partial charge in [-0.3, -0.25) is 23.2 Å². The predicted octanol–water partition coefficient (Wildman–Crippen LogP) is 11.4. The molecular formula is C57H89N3O16P2. The number of nitrogens with zero attached hydrogens (tertiary/aromatic N) is 2. The summed E-state index contributed by atoms with van der Waals surface area (Å²) in [5, 5.41) is 21.0. The molecule has 0 amide bonds. The number of carbonyl (C=O) groups excluding carboxylic acids is 2. The van der Waals surface area contributed by atoms with Gasteiger partial charge >= 0.3 is 33.3 Å². The Bertz CT molecular complexity index is 2260. The molecule has 0 aromatic carbocycles. The van der Waals surface area contributed by atoms with E-state index in [1.165, 1.54) is 31.7 Å². The second-order valence-electron chi connectivity index (χ2n) is 19.1. The van der Waals surface area contributed by atoms with Crippen molar-refractivity contribution in [1.82, 2.24) is 9.55 Å². The van der Waals surface area contributed by atoms with E-state index in [-0.39, 0.29) is 18.7 Å². The minimum atomic E-state index is -5.45. The second-order valence-corrected chi connectivity index (χ2v) is 22.1. The molecule has 4 unspecified atom stereocenters. The number of aromatic nitrogens is 2. The molecular weight excluding hydrogens is 1040 g/mol. The van der Waals surface area contributed by atoms with Crippen molar-refractivity contribution in [1.29, 1.82) is 0 Å². The van der Waals surface area contributed by atoms with Gasteiger partial charge in [0.05, 0.1) is 25.4 Å². The predicted molar refractivity (Wildman–Crippen MR) is 302 cm³/mol. The van der Waals surface area contributed by atoms with Crippen LogP contribution in [0.25, 0.3) is 0 Å². The van der Waals surface area contributed by atoms with Gasteiger partial charge in [0.2, 0.25) is 0 Å². The Hall–Kier alpha value is -4.36. The number of unbranched alkanes of at least 4 members (excludes halogenated alkanes) is 10. The fraction of sp³-hybridized carbons (Fsp3) is 0.614. The van der Waals surface area contributed by atoms with E-state index < -0.39 is 83.7 Å². The van der Waals surface area contributed by atoms with E-state index in [1.54, 1.807) is 6.08 Å². The first kappa shape index (κ1) is 67.9. The normalized spacial score (nSPS) is 21.9. The molecule has 78 heavy (non-hydrogen) atoms. The maximum absolute atomic E-state index is 12.9. The lowest BCUT2D eigenvalue weighted by molar-refractivity contribution is -0.161. The number of phosphoric acid groups is 2. The van der Waals surface area contributed by atoms with E-state index in [4.69, 9.17) is 33.7 Å². The molecule has 3 rings (SSSR count). The van der Waals surface area contributed by atoms with Crippen LogP contribution in [0.4, 0.5) is 5.82 Å². The van der Waals surface area contributed by atoms with Gasteiger partial charge in [0.25, 0.3) is 0 Å². The summed E-state index contributed by atoms with van der Waals surface area (Å²) in [5.74, 6) is -1.43. The topological polar surface area (TPSA) is 278 Å². The van der Waals surface area contributed by atoms with Crippen molar-refractivity contribution < 1.29 is 71.0 Å². The van der Waals surface area contributed by atoms with Crippen LogP contribution in [0.1, 0.15) is 168 Å².